The average Bonchev–Trinajstić information content (AvgIpc) is 2.44. The molecule has 1 aliphatic heterocycles. The first kappa shape index (κ1) is 15.6. The van der Waals surface area contributed by atoms with E-state index in [-0.39, 0.29) is 11.7 Å². The van der Waals surface area contributed by atoms with Crippen LogP contribution in [0.15, 0.2) is 12.1 Å². The third kappa shape index (κ3) is 3.85. The van der Waals surface area contributed by atoms with Gasteiger partial charge in [0.2, 0.25) is 0 Å². The van der Waals surface area contributed by atoms with Crippen molar-refractivity contribution in [3.63, 3.8) is 0 Å². The van der Waals surface area contributed by atoms with Gasteiger partial charge in [-0.25, -0.2) is 9.18 Å². The second-order valence-corrected chi connectivity index (χ2v) is 5.48. The summed E-state index contributed by atoms with van der Waals surface area (Å²) in [6.07, 6.45) is 3.09. The largest absolute Gasteiger partial charge is 0.478 e. The van der Waals surface area contributed by atoms with Crippen molar-refractivity contribution >= 4 is 17.3 Å². The first-order valence-electron chi connectivity index (χ1n) is 7.32. The Bertz CT molecular complexity index is 514. The number of hydrogen-bond donors (Lipinski definition) is 3. The van der Waals surface area contributed by atoms with E-state index in [1.807, 2.05) is 0 Å². The number of likely N-dealkylation sites (tertiary alicyclic amines) is 1. The Morgan fingerprint density at radius 2 is 2.14 bits per heavy atom. The van der Waals surface area contributed by atoms with Crippen LogP contribution in [0.4, 0.5) is 15.8 Å². The standard InChI is InChI=1S/C15H22FN3O2/c1-2-5-19-6-3-10(4-7-19)18-14-9-12(16)11(15(20)21)8-13(14)17/h8-10,18H,2-7,17H2,1H3,(H,20,21). The van der Waals surface area contributed by atoms with E-state index < -0.39 is 17.3 Å². The molecule has 1 aromatic rings. The molecule has 4 N–H and O–H groups in total. The number of halogens is 1. The molecule has 6 heteroatoms. The molecule has 0 atom stereocenters. The zero-order valence-electron chi connectivity index (χ0n) is 12.2. The van der Waals surface area contributed by atoms with Crippen molar-refractivity contribution < 1.29 is 14.3 Å². The van der Waals surface area contributed by atoms with Gasteiger partial charge in [0.25, 0.3) is 0 Å². The van der Waals surface area contributed by atoms with Crippen LogP contribution in [-0.4, -0.2) is 41.7 Å². The fourth-order valence-corrected chi connectivity index (χ4v) is 2.72. The molecule has 0 spiro atoms. The van der Waals surface area contributed by atoms with Gasteiger partial charge >= 0.3 is 5.97 Å². The maximum absolute atomic E-state index is 13.7. The fraction of sp³-hybridized carbons (Fsp3) is 0.533. The highest BCUT2D eigenvalue weighted by atomic mass is 19.1. The number of nitrogens with one attached hydrogen (secondary N) is 1. The molecular formula is C15H22FN3O2. The van der Waals surface area contributed by atoms with E-state index in [2.05, 4.69) is 17.1 Å². The van der Waals surface area contributed by atoms with Crippen LogP contribution >= 0.6 is 0 Å². The lowest BCUT2D eigenvalue weighted by Gasteiger charge is -2.32. The molecule has 1 heterocycles. The van der Waals surface area contributed by atoms with Gasteiger partial charge in [-0.05, 0) is 37.9 Å². The van der Waals surface area contributed by atoms with Gasteiger partial charge in [0.15, 0.2) is 0 Å². The Balaban J connectivity index is 2.01. The Kier molecular flexibility index (Phi) is 5.01. The maximum Gasteiger partial charge on any atom is 0.338 e. The Morgan fingerprint density at radius 1 is 1.48 bits per heavy atom. The normalized spacial score (nSPS) is 16.9. The van der Waals surface area contributed by atoms with E-state index in [0.29, 0.717) is 5.69 Å². The molecule has 0 aromatic heterocycles. The van der Waals surface area contributed by atoms with E-state index in [9.17, 15) is 9.18 Å². The zero-order valence-corrected chi connectivity index (χ0v) is 12.2. The molecular weight excluding hydrogens is 273 g/mol. The summed E-state index contributed by atoms with van der Waals surface area (Å²) in [5.74, 6) is -2.07. The van der Waals surface area contributed by atoms with Gasteiger partial charge in [-0.2, -0.15) is 0 Å². The number of carboxylic acid groups (broad SMARTS) is 1. The van der Waals surface area contributed by atoms with Crippen LogP contribution in [0, 0.1) is 5.82 Å². The molecule has 1 aromatic carbocycles. The zero-order chi connectivity index (χ0) is 15.4. The van der Waals surface area contributed by atoms with Crippen LogP contribution in [0.1, 0.15) is 36.5 Å². The highest BCUT2D eigenvalue weighted by Gasteiger charge is 2.20. The van der Waals surface area contributed by atoms with Crippen LogP contribution in [0.25, 0.3) is 0 Å². The van der Waals surface area contributed by atoms with Crippen LogP contribution in [0.3, 0.4) is 0 Å². The van der Waals surface area contributed by atoms with E-state index in [1.165, 1.54) is 12.1 Å². The fourth-order valence-electron chi connectivity index (χ4n) is 2.72. The number of benzene rings is 1. The molecule has 0 bridgehead atoms. The van der Waals surface area contributed by atoms with Crippen LogP contribution in [0.2, 0.25) is 0 Å². The van der Waals surface area contributed by atoms with Gasteiger partial charge in [0.1, 0.15) is 5.82 Å². The van der Waals surface area contributed by atoms with Gasteiger partial charge in [0, 0.05) is 19.1 Å². The number of carboxylic acids is 1. The van der Waals surface area contributed by atoms with Crippen molar-refractivity contribution in [1.82, 2.24) is 4.90 Å². The number of rotatable bonds is 5. The molecule has 1 fully saturated rings. The molecule has 0 radical (unpaired) electrons. The van der Waals surface area contributed by atoms with E-state index in [4.69, 9.17) is 10.8 Å². The number of nitrogens with two attached hydrogens (primary N) is 1. The minimum absolute atomic E-state index is 0.246. The number of nitrogens with zero attached hydrogens (tertiary/aromatic N) is 1. The van der Waals surface area contributed by atoms with Gasteiger partial charge in [-0.1, -0.05) is 6.92 Å². The van der Waals surface area contributed by atoms with Crippen molar-refractivity contribution in [1.29, 1.82) is 0 Å². The molecule has 1 aliphatic rings. The summed E-state index contributed by atoms with van der Waals surface area (Å²) >= 11 is 0. The summed E-state index contributed by atoms with van der Waals surface area (Å²) < 4.78 is 13.7. The predicted molar refractivity (Wildman–Crippen MR) is 81.1 cm³/mol. The maximum atomic E-state index is 13.7. The lowest BCUT2D eigenvalue weighted by Crippen LogP contribution is -2.39. The minimum Gasteiger partial charge on any atom is -0.478 e. The number of nitrogen functional groups attached to an aromatic ring is 1. The van der Waals surface area contributed by atoms with Crippen LogP contribution in [-0.2, 0) is 0 Å². The van der Waals surface area contributed by atoms with Gasteiger partial charge in [-0.15, -0.1) is 0 Å². The first-order valence-corrected chi connectivity index (χ1v) is 7.32. The lowest BCUT2D eigenvalue weighted by molar-refractivity contribution is 0.0692. The topological polar surface area (TPSA) is 78.6 Å². The highest BCUT2D eigenvalue weighted by Crippen LogP contribution is 2.25. The Morgan fingerprint density at radius 3 is 2.71 bits per heavy atom. The Hall–Kier alpha value is -1.82. The van der Waals surface area contributed by atoms with Crippen molar-refractivity contribution in [3.8, 4) is 0 Å². The summed E-state index contributed by atoms with van der Waals surface area (Å²) in [5, 5.41) is 12.1. The molecule has 116 valence electrons. The number of carbonyl (C=O) groups is 1. The number of aromatic carboxylic acids is 1. The molecule has 0 saturated carbocycles. The predicted octanol–water partition coefficient (Wildman–Crippen LogP) is 2.39. The second-order valence-electron chi connectivity index (χ2n) is 5.48. The summed E-state index contributed by atoms with van der Waals surface area (Å²) in [7, 11) is 0. The minimum atomic E-state index is -1.31. The Labute approximate surface area is 123 Å². The number of hydrogen-bond acceptors (Lipinski definition) is 4. The average molecular weight is 295 g/mol. The van der Waals surface area contributed by atoms with E-state index >= 15 is 0 Å². The van der Waals surface area contributed by atoms with Crippen LogP contribution in [0.5, 0.6) is 0 Å². The van der Waals surface area contributed by atoms with Crippen molar-refractivity contribution in [3.05, 3.63) is 23.5 Å². The number of piperidine rings is 1. The van der Waals surface area contributed by atoms with Crippen molar-refractivity contribution in [2.75, 3.05) is 30.7 Å². The summed E-state index contributed by atoms with van der Waals surface area (Å²) in [4.78, 5) is 13.3. The first-order chi connectivity index (χ1) is 10.0. The molecule has 1 saturated heterocycles. The molecule has 21 heavy (non-hydrogen) atoms. The quantitative estimate of drug-likeness (QED) is 0.727. The van der Waals surface area contributed by atoms with Gasteiger partial charge in [0.05, 0.1) is 16.9 Å². The van der Waals surface area contributed by atoms with Crippen molar-refractivity contribution in [2.24, 2.45) is 0 Å². The molecule has 0 unspecified atom stereocenters. The third-order valence-corrected chi connectivity index (χ3v) is 3.86. The van der Waals surface area contributed by atoms with Gasteiger partial charge in [-0.3, -0.25) is 0 Å². The monoisotopic (exact) mass is 295 g/mol. The van der Waals surface area contributed by atoms with Crippen LogP contribution < -0.4 is 11.1 Å². The summed E-state index contributed by atoms with van der Waals surface area (Å²) in [5.41, 5.74) is 6.17. The molecule has 5 nitrogen and oxygen atoms in total. The number of anilines is 2. The highest BCUT2D eigenvalue weighted by molar-refractivity contribution is 5.90. The molecule has 2 rings (SSSR count). The molecule has 0 aliphatic carbocycles. The smallest absolute Gasteiger partial charge is 0.338 e. The third-order valence-electron chi connectivity index (χ3n) is 3.86. The summed E-state index contributed by atoms with van der Waals surface area (Å²) in [6, 6.07) is 2.60. The van der Waals surface area contributed by atoms with E-state index in [1.54, 1.807) is 0 Å². The van der Waals surface area contributed by atoms with E-state index in [0.717, 1.165) is 38.9 Å². The second kappa shape index (κ2) is 6.76. The SMILES string of the molecule is CCCN1CCC(Nc2cc(F)c(C(=O)O)cc2N)CC1. The molecule has 0 amide bonds. The summed E-state index contributed by atoms with van der Waals surface area (Å²) in [6.45, 7) is 5.30. The lowest BCUT2D eigenvalue weighted by atomic mass is 10.0. The van der Waals surface area contributed by atoms with Gasteiger partial charge < -0.3 is 21.1 Å². The van der Waals surface area contributed by atoms with Crippen molar-refractivity contribution in [2.45, 2.75) is 32.2 Å².